The third-order valence-electron chi connectivity index (χ3n) is 2.08. The van der Waals surface area contributed by atoms with E-state index in [1.165, 1.54) is 0 Å². The van der Waals surface area contributed by atoms with Crippen molar-refractivity contribution in [2.24, 2.45) is 0 Å². The topological polar surface area (TPSA) is 119 Å². The highest BCUT2D eigenvalue weighted by Crippen LogP contribution is 2.02. The Morgan fingerprint density at radius 1 is 0.857 bits per heavy atom. The standard InChI is InChI=1S/C6H6O.C4H10N2.C4H4O4/c7-6-4-2-1-3-5-6;1-2-6-4-3-5-1;5-3(6)1-2-4(7)8/h1-5,7H;5-6H,1-4H2;1-2H,(H,5,6)(H,7,8)/b;;2-1-. The molecule has 0 aliphatic carbocycles. The Labute approximate surface area is 122 Å². The van der Waals surface area contributed by atoms with Crippen LogP contribution >= 0.6 is 0 Å². The molecular formula is C14H20N2O5. The van der Waals surface area contributed by atoms with Gasteiger partial charge in [0.2, 0.25) is 0 Å². The smallest absolute Gasteiger partial charge is 0.328 e. The summed E-state index contributed by atoms with van der Waals surface area (Å²) in [6.07, 6.45) is 1.12. The highest BCUT2D eigenvalue weighted by molar-refractivity contribution is 5.89. The fourth-order valence-electron chi connectivity index (χ4n) is 1.17. The maximum atomic E-state index is 9.55. The molecule has 1 aromatic rings. The van der Waals surface area contributed by atoms with Crippen LogP contribution in [0.25, 0.3) is 0 Å². The number of rotatable bonds is 2. The molecule has 0 atom stereocenters. The van der Waals surface area contributed by atoms with Gasteiger partial charge in [0.05, 0.1) is 0 Å². The van der Waals surface area contributed by atoms with E-state index in [4.69, 9.17) is 15.3 Å². The van der Waals surface area contributed by atoms with E-state index in [9.17, 15) is 9.59 Å². The second kappa shape index (κ2) is 12.6. The molecule has 2 rings (SSSR count). The lowest BCUT2D eigenvalue weighted by atomic mass is 10.3. The summed E-state index contributed by atoms with van der Waals surface area (Å²) in [5, 5.41) is 30.7. The molecule has 0 bridgehead atoms. The Bertz CT molecular complexity index is 403. The van der Waals surface area contributed by atoms with Crippen molar-refractivity contribution in [2.75, 3.05) is 26.2 Å². The number of aliphatic carboxylic acids is 2. The molecular weight excluding hydrogens is 276 g/mol. The number of hydrogen-bond acceptors (Lipinski definition) is 5. The molecule has 1 aliphatic heterocycles. The molecule has 1 fully saturated rings. The number of carboxylic acid groups (broad SMARTS) is 2. The Kier molecular flexibility index (Phi) is 11.2. The summed E-state index contributed by atoms with van der Waals surface area (Å²) in [7, 11) is 0. The molecule has 1 heterocycles. The first-order valence-corrected chi connectivity index (χ1v) is 6.31. The summed E-state index contributed by atoms with van der Waals surface area (Å²) in [6.45, 7) is 4.56. The Hall–Kier alpha value is -2.38. The monoisotopic (exact) mass is 296 g/mol. The normalized spacial score (nSPS) is 13.3. The fraction of sp³-hybridized carbons (Fsp3) is 0.286. The van der Waals surface area contributed by atoms with Gasteiger partial charge < -0.3 is 26.0 Å². The Morgan fingerprint density at radius 2 is 1.24 bits per heavy atom. The van der Waals surface area contributed by atoms with Crippen LogP contribution in [0, 0.1) is 0 Å². The van der Waals surface area contributed by atoms with Gasteiger partial charge in [-0.25, -0.2) is 9.59 Å². The average molecular weight is 296 g/mol. The lowest BCUT2D eigenvalue weighted by Gasteiger charge is -2.11. The molecule has 116 valence electrons. The Morgan fingerprint density at radius 3 is 1.43 bits per heavy atom. The van der Waals surface area contributed by atoms with E-state index in [0.29, 0.717) is 17.9 Å². The minimum atomic E-state index is -1.26. The van der Waals surface area contributed by atoms with E-state index in [-0.39, 0.29) is 0 Å². The van der Waals surface area contributed by atoms with Gasteiger partial charge in [0.15, 0.2) is 0 Å². The zero-order valence-electron chi connectivity index (χ0n) is 11.5. The number of phenols is 1. The number of nitrogens with one attached hydrogen (secondary N) is 2. The van der Waals surface area contributed by atoms with Crippen molar-refractivity contribution in [1.82, 2.24) is 10.6 Å². The quantitative estimate of drug-likeness (QED) is 0.497. The van der Waals surface area contributed by atoms with Crippen LogP contribution in [0.5, 0.6) is 5.75 Å². The molecule has 21 heavy (non-hydrogen) atoms. The van der Waals surface area contributed by atoms with Crippen LogP contribution in [0.3, 0.4) is 0 Å². The van der Waals surface area contributed by atoms with Gasteiger partial charge in [0, 0.05) is 38.3 Å². The van der Waals surface area contributed by atoms with Crippen molar-refractivity contribution in [3.63, 3.8) is 0 Å². The second-order valence-electron chi connectivity index (χ2n) is 3.85. The minimum Gasteiger partial charge on any atom is -0.508 e. The first kappa shape index (κ1) is 18.6. The molecule has 0 saturated carbocycles. The van der Waals surface area contributed by atoms with Crippen LogP contribution in [0.4, 0.5) is 0 Å². The van der Waals surface area contributed by atoms with Gasteiger partial charge >= 0.3 is 11.9 Å². The van der Waals surface area contributed by atoms with Crippen LogP contribution in [0.15, 0.2) is 42.5 Å². The number of aromatic hydroxyl groups is 1. The number of hydrogen-bond donors (Lipinski definition) is 5. The van der Waals surface area contributed by atoms with E-state index < -0.39 is 11.9 Å². The molecule has 0 aromatic heterocycles. The average Bonchev–Trinajstić information content (AvgIpc) is 2.49. The summed E-state index contributed by atoms with van der Waals surface area (Å²) in [4.78, 5) is 19.1. The molecule has 0 amide bonds. The van der Waals surface area contributed by atoms with E-state index in [0.717, 1.165) is 26.2 Å². The second-order valence-corrected chi connectivity index (χ2v) is 3.85. The number of phenolic OH excluding ortho intramolecular Hbond substituents is 1. The predicted molar refractivity (Wildman–Crippen MR) is 78.3 cm³/mol. The van der Waals surface area contributed by atoms with E-state index >= 15 is 0 Å². The molecule has 0 spiro atoms. The fourth-order valence-corrected chi connectivity index (χ4v) is 1.17. The molecule has 7 heteroatoms. The van der Waals surface area contributed by atoms with Crippen LogP contribution in [-0.2, 0) is 9.59 Å². The number of benzene rings is 1. The highest BCUT2D eigenvalue weighted by Gasteiger charge is 1.91. The lowest BCUT2D eigenvalue weighted by Crippen LogP contribution is -2.39. The molecule has 1 aromatic carbocycles. The van der Waals surface area contributed by atoms with Crippen molar-refractivity contribution in [2.45, 2.75) is 0 Å². The van der Waals surface area contributed by atoms with Gasteiger partial charge in [-0.2, -0.15) is 0 Å². The molecule has 0 radical (unpaired) electrons. The summed E-state index contributed by atoms with van der Waals surface area (Å²) in [5.41, 5.74) is 0. The third-order valence-corrected chi connectivity index (χ3v) is 2.08. The van der Waals surface area contributed by atoms with E-state index in [1.807, 2.05) is 6.07 Å². The molecule has 7 nitrogen and oxygen atoms in total. The zero-order valence-corrected chi connectivity index (χ0v) is 11.5. The number of piperazine rings is 1. The lowest BCUT2D eigenvalue weighted by molar-refractivity contribution is -0.134. The van der Waals surface area contributed by atoms with E-state index in [2.05, 4.69) is 10.6 Å². The van der Waals surface area contributed by atoms with Crippen molar-refractivity contribution in [1.29, 1.82) is 0 Å². The number of carbonyl (C=O) groups is 2. The van der Waals surface area contributed by atoms with Crippen LogP contribution in [-0.4, -0.2) is 53.4 Å². The molecule has 0 unspecified atom stereocenters. The number of para-hydroxylation sites is 1. The zero-order chi connectivity index (χ0) is 15.9. The van der Waals surface area contributed by atoms with Gasteiger partial charge in [-0.15, -0.1) is 0 Å². The maximum absolute atomic E-state index is 9.55. The summed E-state index contributed by atoms with van der Waals surface area (Å²) < 4.78 is 0. The van der Waals surface area contributed by atoms with Crippen molar-refractivity contribution in [3.8, 4) is 5.75 Å². The largest absolute Gasteiger partial charge is 0.508 e. The van der Waals surface area contributed by atoms with E-state index in [1.54, 1.807) is 24.3 Å². The first-order valence-electron chi connectivity index (χ1n) is 6.31. The van der Waals surface area contributed by atoms with Crippen LogP contribution in [0.2, 0.25) is 0 Å². The van der Waals surface area contributed by atoms with Gasteiger partial charge in [-0.3, -0.25) is 0 Å². The Balaban J connectivity index is 0.000000288. The minimum absolute atomic E-state index is 0.322. The van der Waals surface area contributed by atoms with Crippen LogP contribution < -0.4 is 10.6 Å². The number of carboxylic acids is 2. The predicted octanol–water partition coefficient (Wildman–Crippen LogP) is 0.283. The molecule has 5 N–H and O–H groups in total. The summed E-state index contributed by atoms with van der Waals surface area (Å²) in [5.74, 6) is -2.19. The van der Waals surface area contributed by atoms with Gasteiger partial charge in [-0.1, -0.05) is 18.2 Å². The SMILES string of the molecule is C1CNCCN1.O=C(O)/C=C\C(=O)O.Oc1ccccc1. The third kappa shape index (κ3) is 15.6. The van der Waals surface area contributed by atoms with Gasteiger partial charge in [0.25, 0.3) is 0 Å². The summed E-state index contributed by atoms with van der Waals surface area (Å²) in [6, 6.07) is 8.71. The van der Waals surface area contributed by atoms with Gasteiger partial charge in [0.1, 0.15) is 5.75 Å². The van der Waals surface area contributed by atoms with Gasteiger partial charge in [-0.05, 0) is 12.1 Å². The molecule has 1 saturated heterocycles. The van der Waals surface area contributed by atoms with Crippen molar-refractivity contribution < 1.29 is 24.9 Å². The van der Waals surface area contributed by atoms with Crippen molar-refractivity contribution in [3.05, 3.63) is 42.5 Å². The van der Waals surface area contributed by atoms with Crippen LogP contribution in [0.1, 0.15) is 0 Å². The maximum Gasteiger partial charge on any atom is 0.328 e. The summed E-state index contributed by atoms with van der Waals surface area (Å²) >= 11 is 0. The molecule has 1 aliphatic rings. The van der Waals surface area contributed by atoms with Crippen molar-refractivity contribution >= 4 is 11.9 Å². The highest BCUT2D eigenvalue weighted by atomic mass is 16.4. The first-order chi connectivity index (χ1) is 10.0.